The lowest BCUT2D eigenvalue weighted by atomic mass is 10.2. The maximum absolute atomic E-state index is 11.6. The van der Waals surface area contributed by atoms with Crippen LogP contribution in [-0.4, -0.2) is 31.9 Å². The molecule has 1 aromatic heterocycles. The molecule has 1 amide bonds. The van der Waals surface area contributed by atoms with Crippen LogP contribution in [0.25, 0.3) is 5.69 Å². The molecule has 6 nitrogen and oxygen atoms in total. The lowest BCUT2D eigenvalue weighted by Gasteiger charge is -2.07. The molecule has 0 radical (unpaired) electrons. The zero-order chi connectivity index (χ0) is 13.7. The maximum atomic E-state index is 11.6. The van der Waals surface area contributed by atoms with E-state index in [1.165, 1.54) is 6.33 Å². The van der Waals surface area contributed by atoms with E-state index in [0.717, 1.165) is 11.4 Å². The van der Waals surface area contributed by atoms with E-state index >= 15 is 0 Å². The van der Waals surface area contributed by atoms with Gasteiger partial charge in [0.2, 0.25) is 5.91 Å². The first-order chi connectivity index (χ1) is 9.15. The molecule has 0 fully saturated rings. The Morgan fingerprint density at radius 1 is 1.42 bits per heavy atom. The van der Waals surface area contributed by atoms with Gasteiger partial charge < -0.3 is 10.4 Å². The van der Waals surface area contributed by atoms with Crippen molar-refractivity contribution in [1.29, 1.82) is 0 Å². The first-order valence-corrected chi connectivity index (χ1v) is 6.08. The summed E-state index contributed by atoms with van der Waals surface area (Å²) in [7, 11) is 0. The summed E-state index contributed by atoms with van der Waals surface area (Å²) < 4.78 is 1.64. The van der Waals surface area contributed by atoms with Gasteiger partial charge in [-0.1, -0.05) is 0 Å². The van der Waals surface area contributed by atoms with Crippen LogP contribution in [0.4, 0.5) is 5.69 Å². The highest BCUT2D eigenvalue weighted by Gasteiger charge is 2.05. The predicted octanol–water partition coefficient (Wildman–Crippen LogP) is 1.37. The predicted molar refractivity (Wildman–Crippen MR) is 70.9 cm³/mol. The molecule has 1 heterocycles. The van der Waals surface area contributed by atoms with Gasteiger partial charge in [-0.25, -0.2) is 9.67 Å². The largest absolute Gasteiger partial charge is 0.393 e. The summed E-state index contributed by atoms with van der Waals surface area (Å²) in [6.07, 6.45) is 3.38. The van der Waals surface area contributed by atoms with Gasteiger partial charge in [-0.3, -0.25) is 4.79 Å². The van der Waals surface area contributed by atoms with Crippen LogP contribution in [0, 0.1) is 0 Å². The highest BCUT2D eigenvalue weighted by Crippen LogP contribution is 2.12. The lowest BCUT2D eigenvalue weighted by molar-refractivity contribution is -0.116. The third-order valence-corrected chi connectivity index (χ3v) is 2.62. The molecule has 100 valence electrons. The van der Waals surface area contributed by atoms with Crippen molar-refractivity contribution in [2.75, 3.05) is 5.32 Å². The van der Waals surface area contributed by atoms with Crippen molar-refractivity contribution in [3.8, 4) is 5.69 Å². The molecule has 0 aliphatic carbocycles. The minimum atomic E-state index is -0.458. The van der Waals surface area contributed by atoms with Crippen LogP contribution in [-0.2, 0) is 4.79 Å². The van der Waals surface area contributed by atoms with Crippen LogP contribution in [0.5, 0.6) is 0 Å². The highest BCUT2D eigenvalue weighted by atomic mass is 16.3. The molecule has 0 saturated carbocycles. The van der Waals surface area contributed by atoms with Gasteiger partial charge in [-0.2, -0.15) is 5.10 Å². The highest BCUT2D eigenvalue weighted by molar-refractivity contribution is 5.90. The van der Waals surface area contributed by atoms with E-state index in [1.54, 1.807) is 30.1 Å². The number of hydrogen-bond donors (Lipinski definition) is 2. The van der Waals surface area contributed by atoms with Gasteiger partial charge in [-0.05, 0) is 37.6 Å². The van der Waals surface area contributed by atoms with E-state index in [0.29, 0.717) is 12.8 Å². The average Bonchev–Trinajstić information content (AvgIpc) is 2.91. The number of nitrogens with zero attached hydrogens (tertiary/aromatic N) is 3. The number of aliphatic hydroxyl groups excluding tert-OH is 1. The average molecular weight is 260 g/mol. The second kappa shape index (κ2) is 6.10. The van der Waals surface area contributed by atoms with E-state index in [9.17, 15) is 4.79 Å². The standard InChI is InChI=1S/C13H16N4O2/c1-10(18)2-7-13(19)16-11-3-5-12(6-4-11)17-9-14-8-15-17/h3-6,8-10,18H,2,7H2,1H3,(H,16,19). The number of carbonyl (C=O) groups is 1. The molecular weight excluding hydrogens is 244 g/mol. The second-order valence-corrected chi connectivity index (χ2v) is 4.32. The van der Waals surface area contributed by atoms with Gasteiger partial charge in [0.15, 0.2) is 0 Å². The molecule has 0 saturated heterocycles. The van der Waals surface area contributed by atoms with Crippen LogP contribution in [0.3, 0.4) is 0 Å². The number of rotatable bonds is 5. The van der Waals surface area contributed by atoms with E-state index in [-0.39, 0.29) is 5.91 Å². The van der Waals surface area contributed by atoms with Crippen LogP contribution < -0.4 is 5.32 Å². The lowest BCUT2D eigenvalue weighted by Crippen LogP contribution is -2.14. The molecule has 6 heteroatoms. The van der Waals surface area contributed by atoms with Crippen LogP contribution in [0.1, 0.15) is 19.8 Å². The monoisotopic (exact) mass is 260 g/mol. The van der Waals surface area contributed by atoms with E-state index in [2.05, 4.69) is 15.4 Å². The van der Waals surface area contributed by atoms with Crippen LogP contribution in [0.15, 0.2) is 36.9 Å². The number of carbonyl (C=O) groups excluding carboxylic acids is 1. The minimum absolute atomic E-state index is 0.102. The third kappa shape index (κ3) is 3.89. The second-order valence-electron chi connectivity index (χ2n) is 4.32. The van der Waals surface area contributed by atoms with Crippen molar-refractivity contribution in [3.05, 3.63) is 36.9 Å². The number of benzene rings is 1. The maximum Gasteiger partial charge on any atom is 0.224 e. The topological polar surface area (TPSA) is 80.0 Å². The van der Waals surface area contributed by atoms with E-state index in [4.69, 9.17) is 5.11 Å². The SMILES string of the molecule is CC(O)CCC(=O)Nc1ccc(-n2cncn2)cc1. The Morgan fingerprint density at radius 2 is 2.16 bits per heavy atom. The van der Waals surface area contributed by atoms with Gasteiger partial charge in [0, 0.05) is 12.1 Å². The molecule has 1 aromatic carbocycles. The fraction of sp³-hybridized carbons (Fsp3) is 0.308. The van der Waals surface area contributed by atoms with Crippen molar-refractivity contribution in [2.45, 2.75) is 25.9 Å². The van der Waals surface area contributed by atoms with Gasteiger partial charge in [-0.15, -0.1) is 0 Å². The Labute approximate surface area is 111 Å². The summed E-state index contributed by atoms with van der Waals surface area (Å²) in [5.41, 5.74) is 1.60. The summed E-state index contributed by atoms with van der Waals surface area (Å²) in [4.78, 5) is 15.4. The number of aliphatic hydroxyl groups is 1. The summed E-state index contributed by atoms with van der Waals surface area (Å²) in [5, 5.41) is 15.9. The van der Waals surface area contributed by atoms with Crippen molar-refractivity contribution in [2.24, 2.45) is 0 Å². The Bertz CT molecular complexity index is 520. The summed E-state index contributed by atoms with van der Waals surface area (Å²) in [6, 6.07) is 7.30. The fourth-order valence-electron chi connectivity index (χ4n) is 1.60. The quantitative estimate of drug-likeness (QED) is 0.850. The molecule has 2 rings (SSSR count). The molecule has 2 aromatic rings. The first-order valence-electron chi connectivity index (χ1n) is 6.08. The van der Waals surface area contributed by atoms with Gasteiger partial charge in [0.25, 0.3) is 0 Å². The zero-order valence-corrected chi connectivity index (χ0v) is 10.7. The third-order valence-electron chi connectivity index (χ3n) is 2.62. The van der Waals surface area contributed by atoms with Gasteiger partial charge >= 0.3 is 0 Å². The van der Waals surface area contributed by atoms with Crippen molar-refractivity contribution < 1.29 is 9.90 Å². The molecule has 0 spiro atoms. The molecule has 0 aliphatic heterocycles. The van der Waals surface area contributed by atoms with Gasteiger partial charge in [0.05, 0.1) is 11.8 Å². The number of amides is 1. The fourth-order valence-corrected chi connectivity index (χ4v) is 1.60. The number of anilines is 1. The number of hydrogen-bond acceptors (Lipinski definition) is 4. The number of aromatic nitrogens is 3. The van der Waals surface area contributed by atoms with E-state index < -0.39 is 6.10 Å². The molecular formula is C13H16N4O2. The van der Waals surface area contributed by atoms with E-state index in [1.807, 2.05) is 12.1 Å². The molecule has 19 heavy (non-hydrogen) atoms. The molecule has 0 bridgehead atoms. The minimum Gasteiger partial charge on any atom is -0.393 e. The first kappa shape index (κ1) is 13.2. The van der Waals surface area contributed by atoms with Gasteiger partial charge in [0.1, 0.15) is 12.7 Å². The Hall–Kier alpha value is -2.21. The zero-order valence-electron chi connectivity index (χ0n) is 10.7. The Morgan fingerprint density at radius 3 is 2.74 bits per heavy atom. The Balaban J connectivity index is 1.94. The normalized spacial score (nSPS) is 12.1. The van der Waals surface area contributed by atoms with Crippen molar-refractivity contribution in [1.82, 2.24) is 14.8 Å². The van der Waals surface area contributed by atoms with Crippen molar-refractivity contribution >= 4 is 11.6 Å². The molecule has 2 N–H and O–H groups in total. The molecule has 1 unspecified atom stereocenters. The molecule has 0 aliphatic rings. The van der Waals surface area contributed by atoms with Crippen LogP contribution in [0.2, 0.25) is 0 Å². The van der Waals surface area contributed by atoms with Crippen molar-refractivity contribution in [3.63, 3.8) is 0 Å². The number of nitrogens with one attached hydrogen (secondary N) is 1. The summed E-state index contributed by atoms with van der Waals surface area (Å²) in [5.74, 6) is -0.102. The summed E-state index contributed by atoms with van der Waals surface area (Å²) in [6.45, 7) is 1.67. The van der Waals surface area contributed by atoms with Crippen LogP contribution >= 0.6 is 0 Å². The molecule has 1 atom stereocenters. The smallest absolute Gasteiger partial charge is 0.224 e. The Kier molecular flexibility index (Phi) is 4.25. The summed E-state index contributed by atoms with van der Waals surface area (Å²) >= 11 is 0.